The molecule has 6 heteroatoms. The number of hydrogen-bond donors (Lipinski definition) is 1. The number of nitrogens with zero attached hydrogens (tertiary/aromatic N) is 3. The van der Waals surface area contributed by atoms with Crippen molar-refractivity contribution in [3.8, 4) is 0 Å². The maximum atomic E-state index is 5.89. The van der Waals surface area contributed by atoms with Gasteiger partial charge in [-0.05, 0) is 39.7 Å². The SMILES string of the molecule is CN(Cc1nc(C(C)(C)N)no1)CC1CC1.Cl. The third kappa shape index (κ3) is 4.26. The highest BCUT2D eigenvalue weighted by Crippen LogP contribution is 2.29. The van der Waals surface area contributed by atoms with Crippen molar-refractivity contribution in [2.24, 2.45) is 11.7 Å². The first-order valence-corrected chi connectivity index (χ1v) is 5.75. The molecule has 1 aliphatic rings. The number of halogens is 1. The molecule has 0 bridgehead atoms. The molecule has 17 heavy (non-hydrogen) atoms. The average Bonchev–Trinajstić information content (AvgIpc) is 2.80. The molecule has 2 rings (SSSR count). The van der Waals surface area contributed by atoms with Crippen molar-refractivity contribution in [3.63, 3.8) is 0 Å². The number of aromatic nitrogens is 2. The molecule has 1 heterocycles. The van der Waals surface area contributed by atoms with Crippen LogP contribution in [0.3, 0.4) is 0 Å². The van der Waals surface area contributed by atoms with E-state index in [2.05, 4.69) is 22.1 Å². The summed E-state index contributed by atoms with van der Waals surface area (Å²) in [4.78, 5) is 6.53. The van der Waals surface area contributed by atoms with Crippen molar-refractivity contribution in [2.75, 3.05) is 13.6 Å². The largest absolute Gasteiger partial charge is 0.338 e. The summed E-state index contributed by atoms with van der Waals surface area (Å²) in [6.07, 6.45) is 2.71. The highest BCUT2D eigenvalue weighted by Gasteiger charge is 2.25. The lowest BCUT2D eigenvalue weighted by atomic mass is 10.1. The minimum absolute atomic E-state index is 0. The summed E-state index contributed by atoms with van der Waals surface area (Å²) in [5, 5.41) is 3.90. The highest BCUT2D eigenvalue weighted by atomic mass is 35.5. The van der Waals surface area contributed by atoms with Crippen molar-refractivity contribution in [1.29, 1.82) is 0 Å². The molecule has 1 aliphatic carbocycles. The van der Waals surface area contributed by atoms with E-state index in [1.807, 2.05) is 13.8 Å². The maximum Gasteiger partial charge on any atom is 0.240 e. The Bertz CT molecular complexity index is 357. The monoisotopic (exact) mass is 260 g/mol. The Morgan fingerprint density at radius 1 is 1.47 bits per heavy atom. The summed E-state index contributed by atoms with van der Waals surface area (Å²) in [5.41, 5.74) is 5.36. The Kier molecular flexibility index (Phi) is 4.52. The minimum Gasteiger partial charge on any atom is -0.338 e. The van der Waals surface area contributed by atoms with Gasteiger partial charge in [-0.25, -0.2) is 0 Å². The summed E-state index contributed by atoms with van der Waals surface area (Å²) in [6, 6.07) is 0. The molecule has 0 radical (unpaired) electrons. The molecule has 0 spiro atoms. The lowest BCUT2D eigenvalue weighted by Gasteiger charge is -2.13. The first-order valence-electron chi connectivity index (χ1n) is 5.75. The van der Waals surface area contributed by atoms with Gasteiger partial charge in [0.2, 0.25) is 5.89 Å². The summed E-state index contributed by atoms with van der Waals surface area (Å²) < 4.78 is 5.18. The van der Waals surface area contributed by atoms with Gasteiger partial charge in [-0.15, -0.1) is 12.4 Å². The molecule has 1 saturated carbocycles. The molecule has 1 aromatic heterocycles. The van der Waals surface area contributed by atoms with E-state index in [1.54, 1.807) is 0 Å². The van der Waals surface area contributed by atoms with Crippen LogP contribution >= 0.6 is 12.4 Å². The quantitative estimate of drug-likeness (QED) is 0.870. The zero-order valence-corrected chi connectivity index (χ0v) is 11.5. The fourth-order valence-electron chi connectivity index (χ4n) is 1.62. The molecular weight excluding hydrogens is 240 g/mol. The molecule has 0 aromatic carbocycles. The summed E-state index contributed by atoms with van der Waals surface area (Å²) >= 11 is 0. The lowest BCUT2D eigenvalue weighted by molar-refractivity contribution is 0.258. The summed E-state index contributed by atoms with van der Waals surface area (Å²) in [7, 11) is 2.08. The van der Waals surface area contributed by atoms with Crippen LogP contribution in [-0.2, 0) is 12.1 Å². The molecule has 0 amide bonds. The number of rotatable bonds is 5. The third-order valence-electron chi connectivity index (χ3n) is 2.72. The second-order valence-corrected chi connectivity index (χ2v) is 5.37. The van der Waals surface area contributed by atoms with E-state index in [0.29, 0.717) is 18.3 Å². The molecule has 0 saturated heterocycles. The van der Waals surface area contributed by atoms with E-state index in [-0.39, 0.29) is 12.4 Å². The van der Waals surface area contributed by atoms with Gasteiger partial charge in [0.1, 0.15) is 0 Å². The topological polar surface area (TPSA) is 68.2 Å². The number of nitrogens with two attached hydrogens (primary N) is 1. The maximum absolute atomic E-state index is 5.89. The Labute approximate surface area is 108 Å². The van der Waals surface area contributed by atoms with Crippen LogP contribution in [0.25, 0.3) is 0 Å². The van der Waals surface area contributed by atoms with Gasteiger partial charge in [0, 0.05) is 6.54 Å². The van der Waals surface area contributed by atoms with Crippen LogP contribution < -0.4 is 5.73 Å². The van der Waals surface area contributed by atoms with Crippen LogP contribution in [0.15, 0.2) is 4.52 Å². The molecule has 5 nitrogen and oxygen atoms in total. The Morgan fingerprint density at radius 2 is 2.12 bits per heavy atom. The second kappa shape index (κ2) is 5.33. The Hall–Kier alpha value is -0.650. The standard InChI is InChI=1S/C11H20N4O.ClH/c1-11(2,12)10-13-9(16-14-10)7-15(3)6-8-4-5-8;/h8H,4-7,12H2,1-3H3;1H. The van der Waals surface area contributed by atoms with Gasteiger partial charge < -0.3 is 10.3 Å². The van der Waals surface area contributed by atoms with Crippen LogP contribution in [0, 0.1) is 5.92 Å². The lowest BCUT2D eigenvalue weighted by Crippen LogP contribution is -2.30. The van der Waals surface area contributed by atoms with Crippen molar-refractivity contribution in [2.45, 2.75) is 38.8 Å². The second-order valence-electron chi connectivity index (χ2n) is 5.37. The molecule has 0 atom stereocenters. The predicted molar refractivity (Wildman–Crippen MR) is 67.8 cm³/mol. The van der Waals surface area contributed by atoms with Gasteiger partial charge in [-0.2, -0.15) is 4.98 Å². The molecule has 0 unspecified atom stereocenters. The Morgan fingerprint density at radius 3 is 2.59 bits per heavy atom. The van der Waals surface area contributed by atoms with Crippen LogP contribution in [0.2, 0.25) is 0 Å². The fraction of sp³-hybridized carbons (Fsp3) is 0.818. The zero-order chi connectivity index (χ0) is 11.8. The van der Waals surface area contributed by atoms with Gasteiger partial charge in [-0.3, -0.25) is 4.90 Å². The van der Waals surface area contributed by atoms with Crippen LogP contribution in [0.5, 0.6) is 0 Å². The van der Waals surface area contributed by atoms with E-state index < -0.39 is 5.54 Å². The zero-order valence-electron chi connectivity index (χ0n) is 10.6. The van der Waals surface area contributed by atoms with Crippen molar-refractivity contribution in [1.82, 2.24) is 15.0 Å². The van der Waals surface area contributed by atoms with E-state index in [4.69, 9.17) is 10.3 Å². The number of hydrogen-bond acceptors (Lipinski definition) is 5. The normalized spacial score (nSPS) is 16.1. The van der Waals surface area contributed by atoms with Crippen molar-refractivity contribution in [3.05, 3.63) is 11.7 Å². The summed E-state index contributed by atoms with van der Waals surface area (Å²) in [6.45, 7) is 5.56. The van der Waals surface area contributed by atoms with Gasteiger partial charge in [-0.1, -0.05) is 5.16 Å². The van der Waals surface area contributed by atoms with Gasteiger partial charge in [0.05, 0.1) is 12.1 Å². The van der Waals surface area contributed by atoms with E-state index in [1.165, 1.54) is 12.8 Å². The highest BCUT2D eigenvalue weighted by molar-refractivity contribution is 5.85. The van der Waals surface area contributed by atoms with Crippen molar-refractivity contribution < 1.29 is 4.52 Å². The van der Waals surface area contributed by atoms with Crippen LogP contribution in [0.4, 0.5) is 0 Å². The molecule has 0 aliphatic heterocycles. The third-order valence-corrected chi connectivity index (χ3v) is 2.72. The first-order chi connectivity index (χ1) is 7.45. The van der Waals surface area contributed by atoms with E-state index >= 15 is 0 Å². The van der Waals surface area contributed by atoms with Crippen molar-refractivity contribution >= 4 is 12.4 Å². The fourth-order valence-corrected chi connectivity index (χ4v) is 1.62. The average molecular weight is 261 g/mol. The van der Waals surface area contributed by atoms with Gasteiger partial charge in [0.15, 0.2) is 5.82 Å². The van der Waals surface area contributed by atoms with Gasteiger partial charge in [0.25, 0.3) is 0 Å². The molecule has 98 valence electrons. The summed E-state index contributed by atoms with van der Waals surface area (Å²) in [5.74, 6) is 2.09. The molecule has 1 fully saturated rings. The first kappa shape index (κ1) is 14.4. The van der Waals surface area contributed by atoms with E-state index in [0.717, 1.165) is 12.5 Å². The smallest absolute Gasteiger partial charge is 0.240 e. The molecule has 1 aromatic rings. The van der Waals surface area contributed by atoms with Gasteiger partial charge >= 0.3 is 0 Å². The molecule has 2 N–H and O–H groups in total. The molecular formula is C11H21ClN4O. The minimum atomic E-state index is -0.531. The Balaban J connectivity index is 0.00000144. The van der Waals surface area contributed by atoms with E-state index in [9.17, 15) is 0 Å². The van der Waals surface area contributed by atoms with Crippen LogP contribution in [0.1, 0.15) is 38.4 Å². The predicted octanol–water partition coefficient (Wildman–Crippen LogP) is 1.53. The van der Waals surface area contributed by atoms with Crippen LogP contribution in [-0.4, -0.2) is 28.6 Å².